The van der Waals surface area contributed by atoms with Crippen LogP contribution in [0.15, 0.2) is 103 Å². The van der Waals surface area contributed by atoms with Crippen molar-refractivity contribution in [3.63, 3.8) is 0 Å². The van der Waals surface area contributed by atoms with E-state index >= 15 is 0 Å². The smallest absolute Gasteiger partial charge is 0.378 e. The zero-order valence-corrected chi connectivity index (χ0v) is 22.2. The number of rotatable bonds is 6. The van der Waals surface area contributed by atoms with Gasteiger partial charge in [0.1, 0.15) is 0 Å². The van der Waals surface area contributed by atoms with Crippen molar-refractivity contribution in [1.82, 2.24) is 4.98 Å². The number of nitrogens with one attached hydrogen (secondary N) is 2. The molecule has 2 amide bonds. The number of pyridine rings is 1. The Labute approximate surface area is 234 Å². The molecule has 0 saturated heterocycles. The van der Waals surface area contributed by atoms with Crippen LogP contribution >= 0.6 is 0 Å². The fourth-order valence-electron chi connectivity index (χ4n) is 4.57. The summed E-state index contributed by atoms with van der Waals surface area (Å²) in [5.74, 6) is -0.385. The van der Waals surface area contributed by atoms with Crippen LogP contribution in [0.4, 0.5) is 35.0 Å². The molecule has 2 N–H and O–H groups in total. The number of ketones is 1. The zero-order valence-electron chi connectivity index (χ0n) is 22.2. The maximum atomic E-state index is 13.9. The number of hydrogen-bond donors (Lipinski definition) is 2. The Hall–Kier alpha value is -5.18. The van der Waals surface area contributed by atoms with Crippen LogP contribution in [0.5, 0.6) is 0 Å². The molecule has 0 spiro atoms. The van der Waals surface area contributed by atoms with E-state index in [1.807, 2.05) is 31.1 Å². The average molecular weight is 555 g/mol. The van der Waals surface area contributed by atoms with Gasteiger partial charge >= 0.3 is 12.2 Å². The molecule has 0 atom stereocenters. The van der Waals surface area contributed by atoms with Gasteiger partial charge in [0.2, 0.25) is 0 Å². The SMILES string of the molecule is CN(C)c1ccc(NC(=O)Nc2cccc(-c3c(C(=O)c4ccccc4)cnc4c(C(F)(F)F)cccc34)c2)cc1. The molecular formula is C32H25F3N4O2. The summed E-state index contributed by atoms with van der Waals surface area (Å²) in [4.78, 5) is 32.3. The number of carbonyl (C=O) groups excluding carboxylic acids is 2. The molecule has 41 heavy (non-hydrogen) atoms. The molecule has 0 aliphatic carbocycles. The van der Waals surface area contributed by atoms with E-state index in [1.54, 1.807) is 66.7 Å². The second-order valence-corrected chi connectivity index (χ2v) is 9.54. The van der Waals surface area contributed by atoms with Crippen LogP contribution < -0.4 is 15.5 Å². The first-order valence-electron chi connectivity index (χ1n) is 12.7. The van der Waals surface area contributed by atoms with E-state index in [-0.39, 0.29) is 22.2 Å². The maximum absolute atomic E-state index is 13.9. The van der Waals surface area contributed by atoms with Gasteiger partial charge in [0, 0.05) is 59.4 Å². The van der Waals surface area contributed by atoms with Crippen LogP contribution in [0.1, 0.15) is 21.5 Å². The summed E-state index contributed by atoms with van der Waals surface area (Å²) < 4.78 is 41.6. The van der Waals surface area contributed by atoms with E-state index < -0.39 is 17.8 Å². The molecule has 0 saturated carbocycles. The largest absolute Gasteiger partial charge is 0.418 e. The summed E-state index contributed by atoms with van der Waals surface area (Å²) in [6, 6.07) is 25.6. The molecule has 5 aromatic rings. The zero-order chi connectivity index (χ0) is 29.1. The van der Waals surface area contributed by atoms with Crippen molar-refractivity contribution in [2.45, 2.75) is 6.18 Å². The third-order valence-corrected chi connectivity index (χ3v) is 6.53. The molecule has 0 aliphatic heterocycles. The number of halogens is 3. The van der Waals surface area contributed by atoms with Crippen molar-refractivity contribution in [3.8, 4) is 11.1 Å². The number of anilines is 3. The number of aromatic nitrogens is 1. The van der Waals surface area contributed by atoms with Gasteiger partial charge in [0.15, 0.2) is 5.78 Å². The normalized spacial score (nSPS) is 11.2. The number of alkyl halides is 3. The van der Waals surface area contributed by atoms with Crippen LogP contribution in [-0.4, -0.2) is 30.9 Å². The van der Waals surface area contributed by atoms with Gasteiger partial charge in [-0.25, -0.2) is 4.79 Å². The van der Waals surface area contributed by atoms with Gasteiger partial charge in [-0.3, -0.25) is 9.78 Å². The molecule has 0 radical (unpaired) electrons. The van der Waals surface area contributed by atoms with Crippen molar-refractivity contribution in [1.29, 1.82) is 0 Å². The van der Waals surface area contributed by atoms with Crippen LogP contribution in [0.2, 0.25) is 0 Å². The molecule has 4 aromatic carbocycles. The number of hydrogen-bond acceptors (Lipinski definition) is 4. The number of nitrogens with zero attached hydrogens (tertiary/aromatic N) is 2. The van der Waals surface area contributed by atoms with E-state index in [1.165, 1.54) is 18.3 Å². The fraction of sp³-hybridized carbons (Fsp3) is 0.0938. The van der Waals surface area contributed by atoms with Crippen molar-refractivity contribution in [2.75, 3.05) is 29.6 Å². The lowest BCUT2D eigenvalue weighted by Gasteiger charge is -2.17. The van der Waals surface area contributed by atoms with E-state index in [2.05, 4.69) is 15.6 Å². The van der Waals surface area contributed by atoms with Gasteiger partial charge < -0.3 is 15.5 Å². The Morgan fingerprint density at radius 1 is 0.780 bits per heavy atom. The first-order chi connectivity index (χ1) is 19.6. The molecule has 1 aromatic heterocycles. The first-order valence-corrected chi connectivity index (χ1v) is 12.7. The highest BCUT2D eigenvalue weighted by atomic mass is 19.4. The molecule has 206 valence electrons. The predicted octanol–water partition coefficient (Wildman–Crippen LogP) is 7.86. The maximum Gasteiger partial charge on any atom is 0.418 e. The standard InChI is InChI=1S/C32H25F3N4O2/c1-39(2)24-16-14-22(15-17-24)37-31(41)38-23-11-6-10-21(18-23)28-25-12-7-13-27(32(33,34)35)29(25)36-19-26(28)30(40)20-8-4-3-5-9-20/h3-19H,1-2H3,(H2,37,38,41). The van der Waals surface area contributed by atoms with Crippen LogP contribution in [0, 0.1) is 0 Å². The van der Waals surface area contributed by atoms with E-state index in [9.17, 15) is 22.8 Å². The summed E-state index contributed by atoms with van der Waals surface area (Å²) in [5, 5.41) is 5.69. The van der Waals surface area contributed by atoms with E-state index in [0.29, 0.717) is 28.1 Å². The summed E-state index contributed by atoms with van der Waals surface area (Å²) in [6.07, 6.45) is -3.45. The van der Waals surface area contributed by atoms with E-state index in [0.717, 1.165) is 11.8 Å². The second-order valence-electron chi connectivity index (χ2n) is 9.54. The Bertz CT molecular complexity index is 1730. The summed E-state index contributed by atoms with van der Waals surface area (Å²) in [5.41, 5.74) is 2.03. The van der Waals surface area contributed by atoms with Crippen molar-refractivity contribution < 1.29 is 22.8 Å². The van der Waals surface area contributed by atoms with Crippen molar-refractivity contribution in [3.05, 3.63) is 120 Å². The fourth-order valence-corrected chi connectivity index (χ4v) is 4.57. The number of para-hydroxylation sites is 1. The van der Waals surface area contributed by atoms with Crippen LogP contribution in [0.25, 0.3) is 22.0 Å². The molecule has 1 heterocycles. The summed E-state index contributed by atoms with van der Waals surface area (Å²) in [6.45, 7) is 0. The van der Waals surface area contributed by atoms with Crippen molar-refractivity contribution >= 4 is 39.8 Å². The predicted molar refractivity (Wildman–Crippen MR) is 155 cm³/mol. The number of carbonyl (C=O) groups is 2. The summed E-state index contributed by atoms with van der Waals surface area (Å²) in [7, 11) is 3.83. The Morgan fingerprint density at radius 2 is 1.46 bits per heavy atom. The van der Waals surface area contributed by atoms with Gasteiger partial charge in [-0.1, -0.05) is 54.6 Å². The number of benzene rings is 4. The van der Waals surface area contributed by atoms with Gasteiger partial charge in [0.25, 0.3) is 0 Å². The summed E-state index contributed by atoms with van der Waals surface area (Å²) >= 11 is 0. The molecule has 0 fully saturated rings. The quantitative estimate of drug-likeness (QED) is 0.210. The number of amides is 2. The van der Waals surface area contributed by atoms with Gasteiger partial charge in [-0.05, 0) is 48.0 Å². The molecule has 0 bridgehead atoms. The lowest BCUT2D eigenvalue weighted by molar-refractivity contribution is -0.136. The number of urea groups is 1. The van der Waals surface area contributed by atoms with Crippen LogP contribution in [-0.2, 0) is 6.18 Å². The van der Waals surface area contributed by atoms with Gasteiger partial charge in [0.05, 0.1) is 11.1 Å². The monoisotopic (exact) mass is 554 g/mol. The third kappa shape index (κ3) is 5.89. The average Bonchev–Trinajstić information content (AvgIpc) is 2.96. The Morgan fingerprint density at radius 3 is 2.15 bits per heavy atom. The lowest BCUT2D eigenvalue weighted by atomic mass is 9.91. The Balaban J connectivity index is 1.55. The third-order valence-electron chi connectivity index (χ3n) is 6.53. The highest BCUT2D eigenvalue weighted by Crippen LogP contribution is 2.39. The van der Waals surface area contributed by atoms with Gasteiger partial charge in [-0.15, -0.1) is 0 Å². The first kappa shape index (κ1) is 27.4. The minimum absolute atomic E-state index is 0.144. The highest BCUT2D eigenvalue weighted by molar-refractivity contribution is 6.17. The lowest BCUT2D eigenvalue weighted by Crippen LogP contribution is -2.19. The van der Waals surface area contributed by atoms with Crippen molar-refractivity contribution in [2.24, 2.45) is 0 Å². The number of fused-ring (bicyclic) bond motifs is 1. The van der Waals surface area contributed by atoms with Crippen LogP contribution in [0.3, 0.4) is 0 Å². The molecule has 5 rings (SSSR count). The molecule has 0 unspecified atom stereocenters. The molecule has 9 heteroatoms. The minimum atomic E-state index is -4.64. The molecule has 0 aliphatic rings. The molecular weight excluding hydrogens is 529 g/mol. The topological polar surface area (TPSA) is 74.3 Å². The Kier molecular flexibility index (Phi) is 7.43. The molecule has 6 nitrogen and oxygen atoms in total. The highest BCUT2D eigenvalue weighted by Gasteiger charge is 2.34. The van der Waals surface area contributed by atoms with Gasteiger partial charge in [-0.2, -0.15) is 13.2 Å². The van der Waals surface area contributed by atoms with E-state index in [4.69, 9.17) is 0 Å². The second kappa shape index (κ2) is 11.1. The minimum Gasteiger partial charge on any atom is -0.378 e.